The van der Waals surface area contributed by atoms with E-state index in [0.717, 1.165) is 35.3 Å². The van der Waals surface area contributed by atoms with Gasteiger partial charge in [-0.15, -0.1) is 0 Å². The third-order valence-electron chi connectivity index (χ3n) is 4.72. The minimum Gasteiger partial charge on any atom is -0.341 e. The predicted molar refractivity (Wildman–Crippen MR) is 93.4 cm³/mol. The minimum absolute atomic E-state index is 0.154. The topological polar surface area (TPSA) is 66.1 Å². The second kappa shape index (κ2) is 6.35. The molecule has 1 atom stereocenters. The van der Waals surface area contributed by atoms with Gasteiger partial charge in [0.15, 0.2) is 0 Å². The zero-order chi connectivity index (χ0) is 19.2. The highest BCUT2D eigenvalue weighted by atomic mass is 32.2. The number of benzene rings is 2. The Kier molecular flexibility index (Phi) is 4.23. The SMILES string of the molecule is O=S(=O)(c1ccc(C(F)(F)F)cc1)N1CCCC1c1nc2ccccc2[nH]1. The van der Waals surface area contributed by atoms with Crippen molar-refractivity contribution in [3.63, 3.8) is 0 Å². The van der Waals surface area contributed by atoms with E-state index in [0.29, 0.717) is 25.2 Å². The summed E-state index contributed by atoms with van der Waals surface area (Å²) >= 11 is 0. The summed E-state index contributed by atoms with van der Waals surface area (Å²) in [7, 11) is -3.93. The molecule has 1 saturated heterocycles. The highest BCUT2D eigenvalue weighted by Gasteiger charge is 2.38. The summed E-state index contributed by atoms with van der Waals surface area (Å²) in [5.41, 5.74) is 0.675. The van der Waals surface area contributed by atoms with Gasteiger partial charge >= 0.3 is 6.18 Å². The molecule has 0 radical (unpaired) electrons. The van der Waals surface area contributed by atoms with Gasteiger partial charge in [0.2, 0.25) is 10.0 Å². The van der Waals surface area contributed by atoms with Crippen molar-refractivity contribution < 1.29 is 21.6 Å². The van der Waals surface area contributed by atoms with Crippen LogP contribution in [0.4, 0.5) is 13.2 Å². The lowest BCUT2D eigenvalue weighted by Crippen LogP contribution is -2.31. The van der Waals surface area contributed by atoms with E-state index in [-0.39, 0.29) is 4.90 Å². The number of nitrogens with zero attached hydrogens (tertiary/aromatic N) is 2. The molecule has 27 heavy (non-hydrogen) atoms. The molecule has 1 aliphatic rings. The summed E-state index contributed by atoms with van der Waals surface area (Å²) in [5, 5.41) is 0. The summed E-state index contributed by atoms with van der Waals surface area (Å²) < 4.78 is 65.5. The summed E-state index contributed by atoms with van der Waals surface area (Å²) in [6.07, 6.45) is -3.26. The third-order valence-corrected chi connectivity index (χ3v) is 6.64. The van der Waals surface area contributed by atoms with E-state index >= 15 is 0 Å². The van der Waals surface area contributed by atoms with Crippen LogP contribution < -0.4 is 0 Å². The summed E-state index contributed by atoms with van der Waals surface area (Å²) in [5.74, 6) is 0.546. The smallest absolute Gasteiger partial charge is 0.341 e. The largest absolute Gasteiger partial charge is 0.416 e. The molecule has 0 amide bonds. The monoisotopic (exact) mass is 395 g/mol. The molecule has 142 valence electrons. The molecule has 0 aliphatic carbocycles. The molecule has 1 N–H and O–H groups in total. The van der Waals surface area contributed by atoms with Gasteiger partial charge in [-0.1, -0.05) is 12.1 Å². The number of imidazole rings is 1. The summed E-state index contributed by atoms with van der Waals surface area (Å²) in [4.78, 5) is 7.49. The van der Waals surface area contributed by atoms with Crippen molar-refractivity contribution in [1.29, 1.82) is 0 Å². The Morgan fingerprint density at radius 2 is 1.78 bits per heavy atom. The lowest BCUT2D eigenvalue weighted by molar-refractivity contribution is -0.137. The van der Waals surface area contributed by atoms with E-state index in [2.05, 4.69) is 9.97 Å². The molecule has 4 rings (SSSR count). The number of para-hydroxylation sites is 2. The molecule has 0 spiro atoms. The Bertz CT molecular complexity index is 1040. The number of halogens is 3. The molecule has 0 saturated carbocycles. The Morgan fingerprint density at radius 3 is 2.44 bits per heavy atom. The number of alkyl halides is 3. The first-order chi connectivity index (χ1) is 12.8. The lowest BCUT2D eigenvalue weighted by Gasteiger charge is -2.22. The van der Waals surface area contributed by atoms with Crippen molar-refractivity contribution >= 4 is 21.1 Å². The van der Waals surface area contributed by atoms with Gasteiger partial charge in [0.25, 0.3) is 0 Å². The normalized spacial score (nSPS) is 19.0. The van der Waals surface area contributed by atoms with E-state index in [9.17, 15) is 21.6 Å². The molecular weight excluding hydrogens is 379 g/mol. The molecule has 9 heteroatoms. The first-order valence-electron chi connectivity index (χ1n) is 8.40. The number of H-pyrrole nitrogens is 1. The third kappa shape index (κ3) is 3.21. The molecule has 1 aromatic heterocycles. The molecule has 2 heterocycles. The fraction of sp³-hybridized carbons (Fsp3) is 0.278. The zero-order valence-electron chi connectivity index (χ0n) is 14.1. The Balaban J connectivity index is 1.68. The minimum atomic E-state index is -4.51. The fourth-order valence-corrected chi connectivity index (χ4v) is 5.04. The van der Waals surface area contributed by atoms with Gasteiger partial charge in [-0.25, -0.2) is 13.4 Å². The van der Waals surface area contributed by atoms with Crippen molar-refractivity contribution in [2.24, 2.45) is 0 Å². The number of aromatic nitrogens is 2. The number of hydrogen-bond donors (Lipinski definition) is 1. The van der Waals surface area contributed by atoms with E-state index in [1.807, 2.05) is 24.3 Å². The highest BCUT2D eigenvalue weighted by Crippen LogP contribution is 2.37. The van der Waals surface area contributed by atoms with Gasteiger partial charge in [0.1, 0.15) is 5.82 Å². The number of sulfonamides is 1. The summed E-state index contributed by atoms with van der Waals surface area (Å²) in [6, 6.07) is 10.5. The maximum atomic E-state index is 13.0. The Labute approximate surface area is 153 Å². The van der Waals surface area contributed by atoms with E-state index < -0.39 is 27.8 Å². The van der Waals surface area contributed by atoms with Crippen molar-refractivity contribution in [3.8, 4) is 0 Å². The van der Waals surface area contributed by atoms with Crippen molar-refractivity contribution in [2.45, 2.75) is 30.0 Å². The molecule has 1 fully saturated rings. The second-order valence-electron chi connectivity index (χ2n) is 6.44. The predicted octanol–water partition coefficient (Wildman–Crippen LogP) is 4.11. The van der Waals surface area contributed by atoms with E-state index in [4.69, 9.17) is 0 Å². The lowest BCUT2D eigenvalue weighted by atomic mass is 10.2. The molecule has 3 aromatic rings. The van der Waals surface area contributed by atoms with Gasteiger partial charge in [-0.05, 0) is 49.2 Å². The van der Waals surface area contributed by atoms with Crippen LogP contribution in [0.3, 0.4) is 0 Å². The first-order valence-corrected chi connectivity index (χ1v) is 9.84. The average molecular weight is 395 g/mol. The fourth-order valence-electron chi connectivity index (χ4n) is 3.38. The summed E-state index contributed by atoms with van der Waals surface area (Å²) in [6.45, 7) is 0.297. The zero-order valence-corrected chi connectivity index (χ0v) is 14.9. The maximum Gasteiger partial charge on any atom is 0.416 e. The average Bonchev–Trinajstić information content (AvgIpc) is 3.28. The number of aromatic amines is 1. The first kappa shape index (κ1) is 18.0. The van der Waals surface area contributed by atoms with Crippen LogP contribution in [0.2, 0.25) is 0 Å². The van der Waals surface area contributed by atoms with Crippen molar-refractivity contribution in [2.75, 3.05) is 6.54 Å². The van der Waals surface area contributed by atoms with Crippen LogP contribution in [-0.2, 0) is 16.2 Å². The van der Waals surface area contributed by atoms with E-state index in [1.54, 1.807) is 0 Å². The van der Waals surface area contributed by atoms with Gasteiger partial charge in [0.05, 0.1) is 27.5 Å². The Morgan fingerprint density at radius 1 is 1.07 bits per heavy atom. The number of nitrogens with one attached hydrogen (secondary N) is 1. The van der Waals surface area contributed by atoms with E-state index in [1.165, 1.54) is 4.31 Å². The molecule has 2 aromatic carbocycles. The maximum absolute atomic E-state index is 13.0. The van der Waals surface area contributed by atoms with Crippen LogP contribution in [0.15, 0.2) is 53.4 Å². The molecule has 1 aliphatic heterocycles. The van der Waals surface area contributed by atoms with Crippen LogP contribution in [0.25, 0.3) is 11.0 Å². The molecule has 5 nitrogen and oxygen atoms in total. The van der Waals surface area contributed by atoms with Crippen molar-refractivity contribution in [3.05, 3.63) is 59.9 Å². The molecular formula is C18H16F3N3O2S. The van der Waals surface area contributed by atoms with Crippen LogP contribution >= 0.6 is 0 Å². The van der Waals surface area contributed by atoms with Gasteiger partial charge in [-0.2, -0.15) is 17.5 Å². The highest BCUT2D eigenvalue weighted by molar-refractivity contribution is 7.89. The number of fused-ring (bicyclic) bond motifs is 1. The standard InChI is InChI=1S/C18H16F3N3O2S/c19-18(20,21)12-7-9-13(10-8-12)27(25,26)24-11-3-6-16(24)17-22-14-4-1-2-5-15(14)23-17/h1-2,4-5,7-10,16H,3,6,11H2,(H,22,23). The molecule has 0 bridgehead atoms. The van der Waals surface area contributed by atoms with Crippen LogP contribution in [0.1, 0.15) is 30.3 Å². The van der Waals surface area contributed by atoms with Crippen LogP contribution in [0.5, 0.6) is 0 Å². The Hall–Kier alpha value is -2.39. The van der Waals surface area contributed by atoms with Gasteiger partial charge in [0, 0.05) is 6.54 Å². The van der Waals surface area contributed by atoms with Crippen molar-refractivity contribution in [1.82, 2.24) is 14.3 Å². The van der Waals surface area contributed by atoms with Gasteiger partial charge in [-0.3, -0.25) is 0 Å². The number of rotatable bonds is 3. The van der Waals surface area contributed by atoms with Crippen LogP contribution in [-0.4, -0.2) is 29.2 Å². The quantitative estimate of drug-likeness (QED) is 0.726. The molecule has 1 unspecified atom stereocenters. The van der Waals surface area contributed by atoms with Crippen LogP contribution in [0, 0.1) is 0 Å². The number of hydrogen-bond acceptors (Lipinski definition) is 3. The second-order valence-corrected chi connectivity index (χ2v) is 8.33. The van der Waals surface area contributed by atoms with Gasteiger partial charge < -0.3 is 4.98 Å².